The van der Waals surface area contributed by atoms with E-state index in [1.807, 2.05) is 27.2 Å². The van der Waals surface area contributed by atoms with E-state index < -0.39 is 0 Å². The van der Waals surface area contributed by atoms with Gasteiger partial charge in [-0.25, -0.2) is 0 Å². The number of hydrogen-bond acceptors (Lipinski definition) is 8. The predicted molar refractivity (Wildman–Crippen MR) is 285 cm³/mol. The van der Waals surface area contributed by atoms with Crippen molar-refractivity contribution in [2.24, 2.45) is 22.6 Å². The maximum atomic E-state index is 9.82. The Morgan fingerprint density at radius 1 is 0.645 bits per heavy atom. The molecule has 6 rings (SSSR count). The maximum absolute atomic E-state index is 9.82. The summed E-state index contributed by atoms with van der Waals surface area (Å²) in [5.41, 5.74) is 6.05. The molecule has 376 valence electrons. The summed E-state index contributed by atoms with van der Waals surface area (Å²) in [5.74, 6) is 1.78. The molecule has 0 unspecified atom stereocenters. The number of nitrogens with one attached hydrogen (secondary N) is 3. The molecule has 4 saturated heterocycles. The Labute approximate surface area is 391 Å². The molecule has 62 heavy (non-hydrogen) atoms. The molecule has 5 N–H and O–H groups in total. The highest BCUT2D eigenvalue weighted by Crippen LogP contribution is 2.22. The molecular formula is C53H118N8O. The predicted octanol–water partition coefficient (Wildman–Crippen LogP) is 11.9. The van der Waals surface area contributed by atoms with E-state index in [2.05, 4.69) is 125 Å². The zero-order valence-electron chi connectivity index (χ0n) is 45.2. The van der Waals surface area contributed by atoms with Crippen LogP contribution in [0.3, 0.4) is 0 Å². The Morgan fingerprint density at radius 2 is 1.03 bits per heavy atom. The fourth-order valence-electron chi connectivity index (χ4n) is 5.86. The highest BCUT2D eigenvalue weighted by atomic mass is 16.1. The number of nitrogens with zero attached hydrogens (tertiary/aromatic N) is 4. The summed E-state index contributed by atoms with van der Waals surface area (Å²) in [5, 5.41) is 9.16. The number of amides is 1. The zero-order chi connectivity index (χ0) is 47.9. The summed E-state index contributed by atoms with van der Waals surface area (Å²) >= 11 is 0. The lowest BCUT2D eigenvalue weighted by Crippen LogP contribution is -2.39. The van der Waals surface area contributed by atoms with Crippen molar-refractivity contribution in [2.75, 3.05) is 107 Å². The second kappa shape index (κ2) is 61.7. The van der Waals surface area contributed by atoms with Crippen LogP contribution in [-0.2, 0) is 4.79 Å². The van der Waals surface area contributed by atoms with Crippen molar-refractivity contribution in [1.82, 2.24) is 30.7 Å². The monoisotopic (exact) mass is 883 g/mol. The first-order valence-corrected chi connectivity index (χ1v) is 26.3. The summed E-state index contributed by atoms with van der Waals surface area (Å²) in [6.45, 7) is 35.1. The minimum atomic E-state index is -0.211. The summed E-state index contributed by atoms with van der Waals surface area (Å²) < 4.78 is 0. The van der Waals surface area contributed by atoms with Gasteiger partial charge in [0.05, 0.1) is 6.54 Å². The van der Waals surface area contributed by atoms with Gasteiger partial charge in [0.25, 0.3) is 0 Å². The zero-order valence-corrected chi connectivity index (χ0v) is 45.2. The van der Waals surface area contributed by atoms with E-state index in [4.69, 9.17) is 5.73 Å². The van der Waals surface area contributed by atoms with Crippen molar-refractivity contribution in [3.63, 3.8) is 0 Å². The number of unbranched alkanes of at least 4 members (excludes halogenated alkanes) is 4. The van der Waals surface area contributed by atoms with Gasteiger partial charge in [0, 0.05) is 12.6 Å². The van der Waals surface area contributed by atoms with Gasteiger partial charge in [-0.05, 0) is 170 Å². The molecule has 9 heteroatoms. The summed E-state index contributed by atoms with van der Waals surface area (Å²) in [7, 11) is 10.4. The van der Waals surface area contributed by atoms with Crippen LogP contribution in [0.5, 0.6) is 0 Å². The lowest BCUT2D eigenvalue weighted by atomic mass is 9.91. The first-order chi connectivity index (χ1) is 29.8. The molecule has 0 radical (unpaired) electrons. The van der Waals surface area contributed by atoms with Gasteiger partial charge < -0.3 is 36.4 Å². The Bertz CT molecular complexity index is 774. The van der Waals surface area contributed by atoms with E-state index in [1.165, 1.54) is 180 Å². The van der Waals surface area contributed by atoms with Crippen molar-refractivity contribution in [1.29, 1.82) is 0 Å². The quantitative estimate of drug-likeness (QED) is 0.171. The topological polar surface area (TPSA) is 101 Å². The van der Waals surface area contributed by atoms with E-state index in [0.29, 0.717) is 6.42 Å². The van der Waals surface area contributed by atoms with Gasteiger partial charge in [-0.3, -0.25) is 9.79 Å². The van der Waals surface area contributed by atoms with E-state index >= 15 is 0 Å². The van der Waals surface area contributed by atoms with Gasteiger partial charge in [-0.1, -0.05) is 152 Å². The van der Waals surface area contributed by atoms with Crippen LogP contribution in [0, 0.1) is 11.8 Å². The molecular weight excluding hydrogens is 765 g/mol. The van der Waals surface area contributed by atoms with Crippen LogP contribution in [-0.4, -0.2) is 134 Å². The molecule has 1 amide bonds. The Kier molecular flexibility index (Phi) is 69.4. The average molecular weight is 884 g/mol. The molecule has 0 aromatic carbocycles. The number of piperidine rings is 2. The van der Waals surface area contributed by atoms with Crippen LogP contribution >= 0.6 is 0 Å². The number of aliphatic imine (C=N–C) groups is 1. The number of carbonyl (C=O) groups is 1. The standard InChI is InChI=1S/C7H14.2C6H13N.C6H14.C5H7N.C5H13N.C4H9NO.2C4H9N.C3H9N.C3H8/c3*1-7-5-3-2-4-6-7;1-3-5-6-4-2;1-5-2-3-6-4-5;1-3-4-5-6-2;1-2-3-4(5)6;1-4-2-5-3-4;1-5-3-2-4-5;1-3-4-2;1-3-2/h7H,2-6H2,1H3;2*2-6H2,1H3;3-6H2,1-2H3;2,4H,3H2,1H3;6H,3-5H2,1-2H3;2-3H2,1H3,(H2,5,6);4-5H,2-3H2,1H3;2-4H2,1H3;4H,3H2,1-2H3;3H2,1-2H3. The summed E-state index contributed by atoms with van der Waals surface area (Å²) in [4.78, 5) is 20.9. The molecule has 0 bridgehead atoms. The minimum Gasteiger partial charge on any atom is -0.370 e. The van der Waals surface area contributed by atoms with Crippen LogP contribution in [0.15, 0.2) is 16.6 Å². The fraction of sp³-hybridized carbons (Fsp3) is 0.925. The average Bonchev–Trinajstić information content (AvgIpc) is 3.74. The van der Waals surface area contributed by atoms with Gasteiger partial charge >= 0.3 is 0 Å². The third-order valence-corrected chi connectivity index (χ3v) is 10.5. The molecule has 0 atom stereocenters. The van der Waals surface area contributed by atoms with Crippen LogP contribution in [0.1, 0.15) is 204 Å². The molecule has 0 spiro atoms. The SMILES string of the molecule is CC1=CCN=C1.CC1CCCCC1.CC1CNC1.CCC.CCCC(N)=O.CCCCCC.CCCCNC.CCNC.CN1CCC1.CN1CCCCC1.CN1CCCCC1. The maximum Gasteiger partial charge on any atom is 0.217 e. The van der Waals surface area contributed by atoms with Crippen molar-refractivity contribution in [2.45, 2.75) is 204 Å². The summed E-state index contributed by atoms with van der Waals surface area (Å²) in [6, 6.07) is 0. The molecule has 0 aromatic rings. The number of allylic oxidation sites excluding steroid dienone is 1. The van der Waals surface area contributed by atoms with Crippen LogP contribution in [0.2, 0.25) is 0 Å². The van der Waals surface area contributed by atoms with Crippen LogP contribution < -0.4 is 21.7 Å². The number of nitrogens with two attached hydrogens (primary N) is 1. The van der Waals surface area contributed by atoms with Gasteiger partial charge in [0.15, 0.2) is 0 Å². The van der Waals surface area contributed by atoms with E-state index in [1.54, 1.807) is 0 Å². The lowest BCUT2D eigenvalue weighted by Gasteiger charge is -2.24. The van der Waals surface area contributed by atoms with Crippen molar-refractivity contribution >= 4 is 12.1 Å². The normalized spacial score (nSPS) is 17.8. The van der Waals surface area contributed by atoms with Crippen molar-refractivity contribution in [3.8, 4) is 0 Å². The Balaban J connectivity index is -0.000000193. The first kappa shape index (κ1) is 69.7. The van der Waals surface area contributed by atoms with Gasteiger partial charge in [0.1, 0.15) is 0 Å². The molecule has 0 aromatic heterocycles. The molecule has 9 nitrogen and oxygen atoms in total. The lowest BCUT2D eigenvalue weighted by molar-refractivity contribution is -0.118. The number of likely N-dealkylation sites (tertiary alicyclic amines) is 3. The van der Waals surface area contributed by atoms with Gasteiger partial charge in [0.2, 0.25) is 5.91 Å². The fourth-order valence-corrected chi connectivity index (χ4v) is 5.86. The molecule has 5 heterocycles. The second-order valence-electron chi connectivity index (χ2n) is 18.1. The second-order valence-corrected chi connectivity index (χ2v) is 18.1. The molecule has 6 aliphatic rings. The van der Waals surface area contributed by atoms with Crippen molar-refractivity contribution in [3.05, 3.63) is 11.6 Å². The number of carbonyl (C=O) groups excluding carboxylic acids is 1. The highest BCUT2D eigenvalue weighted by molar-refractivity contribution is 5.79. The molecule has 1 saturated carbocycles. The summed E-state index contributed by atoms with van der Waals surface area (Å²) in [6.07, 6.45) is 32.1. The smallest absolute Gasteiger partial charge is 0.217 e. The van der Waals surface area contributed by atoms with E-state index in [-0.39, 0.29) is 5.91 Å². The van der Waals surface area contributed by atoms with Crippen LogP contribution in [0.4, 0.5) is 0 Å². The third kappa shape index (κ3) is 73.1. The van der Waals surface area contributed by atoms with Crippen LogP contribution in [0.25, 0.3) is 0 Å². The van der Waals surface area contributed by atoms with Crippen molar-refractivity contribution < 1.29 is 4.79 Å². The third-order valence-electron chi connectivity index (χ3n) is 10.5. The Morgan fingerprint density at radius 3 is 1.15 bits per heavy atom. The van der Waals surface area contributed by atoms with Gasteiger partial charge in [-0.2, -0.15) is 0 Å². The largest absolute Gasteiger partial charge is 0.370 e. The van der Waals surface area contributed by atoms with E-state index in [9.17, 15) is 4.79 Å². The molecule has 1 aliphatic carbocycles. The number of hydrogen-bond donors (Lipinski definition) is 4. The Hall–Kier alpha value is -1.36. The number of rotatable bonds is 9. The van der Waals surface area contributed by atoms with Gasteiger partial charge in [-0.15, -0.1) is 0 Å². The molecule has 5 fully saturated rings. The first-order valence-electron chi connectivity index (χ1n) is 26.3. The molecule has 5 aliphatic heterocycles. The minimum absolute atomic E-state index is 0.211. The van der Waals surface area contributed by atoms with E-state index in [0.717, 1.165) is 37.9 Å². The number of primary amides is 1. The highest BCUT2D eigenvalue weighted by Gasteiger charge is 2.08.